The fraction of sp³-hybridized carbons (Fsp3) is 0.278. The van der Waals surface area contributed by atoms with Crippen molar-refractivity contribution in [2.24, 2.45) is 0 Å². The molecule has 1 N–H and O–H groups in total. The molecule has 1 aromatic carbocycles. The quantitative estimate of drug-likeness (QED) is 0.885. The number of likely N-dealkylation sites (N-methyl/N-ethyl adjacent to an activating group) is 1. The molecule has 2 aromatic rings. The Kier molecular flexibility index (Phi) is 5.86. The molecule has 5 heteroatoms. The number of hydrogen-bond acceptors (Lipinski definition) is 3. The Bertz CT molecular complexity index is 671. The second kappa shape index (κ2) is 8.08. The topological polar surface area (TPSA) is 62.3 Å². The maximum absolute atomic E-state index is 12.1. The number of pyridine rings is 1. The van der Waals surface area contributed by atoms with Crippen LogP contribution in [0.25, 0.3) is 0 Å². The molecule has 1 heterocycles. The number of benzene rings is 1. The lowest BCUT2D eigenvalue weighted by Crippen LogP contribution is -2.39. The molecule has 0 saturated carbocycles. The Morgan fingerprint density at radius 3 is 2.52 bits per heavy atom. The molecule has 0 aliphatic carbocycles. The number of hydrogen-bond donors (Lipinski definition) is 1. The van der Waals surface area contributed by atoms with Crippen LogP contribution in [0.2, 0.25) is 0 Å². The molecule has 0 unspecified atom stereocenters. The summed E-state index contributed by atoms with van der Waals surface area (Å²) in [6, 6.07) is 11.2. The van der Waals surface area contributed by atoms with Crippen LogP contribution in [0.15, 0.2) is 48.8 Å². The van der Waals surface area contributed by atoms with Gasteiger partial charge < -0.3 is 10.2 Å². The highest BCUT2D eigenvalue weighted by atomic mass is 16.2. The van der Waals surface area contributed by atoms with Crippen LogP contribution in [0.4, 0.5) is 0 Å². The third kappa shape index (κ3) is 4.92. The minimum atomic E-state index is -0.223. The van der Waals surface area contributed by atoms with Crippen molar-refractivity contribution in [3.05, 3.63) is 65.5 Å². The first kappa shape index (κ1) is 16.7. The van der Waals surface area contributed by atoms with Gasteiger partial charge in [0.05, 0.1) is 6.54 Å². The lowest BCUT2D eigenvalue weighted by atomic mass is 10.1. The predicted octanol–water partition coefficient (Wildman–Crippen LogP) is 1.82. The van der Waals surface area contributed by atoms with Crippen molar-refractivity contribution in [3.63, 3.8) is 0 Å². The van der Waals surface area contributed by atoms with E-state index in [1.807, 2.05) is 37.3 Å². The second-order valence-electron chi connectivity index (χ2n) is 5.42. The average Bonchev–Trinajstić information content (AvgIpc) is 2.58. The van der Waals surface area contributed by atoms with Gasteiger partial charge in [-0.25, -0.2) is 0 Å². The van der Waals surface area contributed by atoms with Crippen LogP contribution < -0.4 is 5.32 Å². The zero-order chi connectivity index (χ0) is 16.7. The van der Waals surface area contributed by atoms with Crippen molar-refractivity contribution < 1.29 is 9.59 Å². The number of carbonyl (C=O) groups is 2. The summed E-state index contributed by atoms with van der Waals surface area (Å²) in [4.78, 5) is 29.8. The van der Waals surface area contributed by atoms with Crippen LogP contribution >= 0.6 is 0 Å². The lowest BCUT2D eigenvalue weighted by Gasteiger charge is -2.17. The standard InChI is InChI=1S/C18H21N3O2/c1-14-5-3-4-6-16(14)18(23)20-13-17(22)21(2)12-9-15-7-10-19-11-8-15/h3-8,10-11H,9,12-13H2,1-2H3,(H,20,23). The molecule has 0 aliphatic heterocycles. The first-order chi connectivity index (χ1) is 11.1. The molecule has 23 heavy (non-hydrogen) atoms. The number of carbonyl (C=O) groups excluding carboxylic acids is 2. The van der Waals surface area contributed by atoms with E-state index in [1.165, 1.54) is 0 Å². The Balaban J connectivity index is 1.80. The molecule has 0 atom stereocenters. The number of aryl methyl sites for hydroxylation is 1. The molecule has 0 saturated heterocycles. The first-order valence-corrected chi connectivity index (χ1v) is 7.54. The number of nitrogens with one attached hydrogen (secondary N) is 1. The maximum atomic E-state index is 12.1. The number of rotatable bonds is 6. The van der Waals surface area contributed by atoms with Crippen molar-refractivity contribution >= 4 is 11.8 Å². The predicted molar refractivity (Wildman–Crippen MR) is 89.1 cm³/mol. The summed E-state index contributed by atoms with van der Waals surface area (Å²) >= 11 is 0. The third-order valence-corrected chi connectivity index (χ3v) is 3.70. The van der Waals surface area contributed by atoms with E-state index in [0.717, 1.165) is 17.5 Å². The van der Waals surface area contributed by atoms with Crippen molar-refractivity contribution in [1.29, 1.82) is 0 Å². The van der Waals surface area contributed by atoms with Crippen LogP contribution in [-0.2, 0) is 11.2 Å². The van der Waals surface area contributed by atoms with Gasteiger partial charge in [-0.15, -0.1) is 0 Å². The van der Waals surface area contributed by atoms with Crippen molar-refractivity contribution in [3.8, 4) is 0 Å². The second-order valence-corrected chi connectivity index (χ2v) is 5.42. The molecular formula is C18H21N3O2. The minimum absolute atomic E-state index is 0.0000128. The summed E-state index contributed by atoms with van der Waals surface area (Å²) in [5.41, 5.74) is 2.62. The summed E-state index contributed by atoms with van der Waals surface area (Å²) in [5.74, 6) is -0.333. The lowest BCUT2D eigenvalue weighted by molar-refractivity contribution is -0.128. The molecule has 0 aliphatic rings. The average molecular weight is 311 g/mol. The SMILES string of the molecule is Cc1ccccc1C(=O)NCC(=O)N(C)CCc1ccncc1. The zero-order valence-electron chi connectivity index (χ0n) is 13.5. The van der Waals surface area contributed by atoms with E-state index in [2.05, 4.69) is 10.3 Å². The molecule has 5 nitrogen and oxygen atoms in total. The molecule has 0 radical (unpaired) electrons. The molecule has 2 amide bonds. The molecule has 0 fully saturated rings. The Morgan fingerprint density at radius 1 is 1.13 bits per heavy atom. The van der Waals surface area contributed by atoms with Gasteiger partial charge in [-0.05, 0) is 42.7 Å². The Morgan fingerprint density at radius 2 is 1.83 bits per heavy atom. The highest BCUT2D eigenvalue weighted by Crippen LogP contribution is 2.06. The molecule has 2 rings (SSSR count). The van der Waals surface area contributed by atoms with Crippen LogP contribution in [0.3, 0.4) is 0 Å². The Hall–Kier alpha value is -2.69. The van der Waals surface area contributed by atoms with Crippen LogP contribution in [0.1, 0.15) is 21.5 Å². The van der Waals surface area contributed by atoms with Crippen molar-refractivity contribution in [2.45, 2.75) is 13.3 Å². The van der Waals surface area contributed by atoms with E-state index in [0.29, 0.717) is 12.1 Å². The molecule has 0 bridgehead atoms. The fourth-order valence-corrected chi connectivity index (χ4v) is 2.18. The number of amides is 2. The van der Waals surface area contributed by atoms with Gasteiger partial charge in [-0.2, -0.15) is 0 Å². The highest BCUT2D eigenvalue weighted by molar-refractivity contribution is 5.97. The fourth-order valence-electron chi connectivity index (χ4n) is 2.18. The number of aromatic nitrogens is 1. The summed E-state index contributed by atoms with van der Waals surface area (Å²) in [5, 5.41) is 2.68. The van der Waals surface area contributed by atoms with E-state index in [9.17, 15) is 9.59 Å². The van der Waals surface area contributed by atoms with E-state index in [1.54, 1.807) is 30.4 Å². The number of nitrogens with zero attached hydrogens (tertiary/aromatic N) is 2. The summed E-state index contributed by atoms with van der Waals surface area (Å²) < 4.78 is 0. The van der Waals surface area contributed by atoms with Crippen LogP contribution in [0.5, 0.6) is 0 Å². The smallest absolute Gasteiger partial charge is 0.251 e. The van der Waals surface area contributed by atoms with Crippen molar-refractivity contribution in [1.82, 2.24) is 15.2 Å². The minimum Gasteiger partial charge on any atom is -0.344 e. The van der Waals surface area contributed by atoms with Crippen LogP contribution in [0, 0.1) is 6.92 Å². The van der Waals surface area contributed by atoms with Gasteiger partial charge in [-0.3, -0.25) is 14.6 Å². The van der Waals surface area contributed by atoms with Gasteiger partial charge >= 0.3 is 0 Å². The monoisotopic (exact) mass is 311 g/mol. The van der Waals surface area contributed by atoms with E-state index in [4.69, 9.17) is 0 Å². The van der Waals surface area contributed by atoms with Gasteiger partial charge in [0.15, 0.2) is 0 Å². The molecular weight excluding hydrogens is 290 g/mol. The summed E-state index contributed by atoms with van der Waals surface area (Å²) in [7, 11) is 1.74. The van der Waals surface area contributed by atoms with Gasteiger partial charge in [0.2, 0.25) is 5.91 Å². The largest absolute Gasteiger partial charge is 0.344 e. The Labute approximate surface area is 136 Å². The normalized spacial score (nSPS) is 10.2. The van der Waals surface area contributed by atoms with E-state index >= 15 is 0 Å². The summed E-state index contributed by atoms with van der Waals surface area (Å²) in [6.45, 7) is 2.47. The summed E-state index contributed by atoms with van der Waals surface area (Å²) in [6.07, 6.45) is 4.23. The molecule has 120 valence electrons. The first-order valence-electron chi connectivity index (χ1n) is 7.54. The van der Waals surface area contributed by atoms with Crippen LogP contribution in [-0.4, -0.2) is 41.8 Å². The van der Waals surface area contributed by atoms with Crippen molar-refractivity contribution in [2.75, 3.05) is 20.1 Å². The third-order valence-electron chi connectivity index (χ3n) is 3.70. The van der Waals surface area contributed by atoms with Gasteiger partial charge in [0, 0.05) is 31.5 Å². The molecule has 0 spiro atoms. The maximum Gasteiger partial charge on any atom is 0.251 e. The van der Waals surface area contributed by atoms with E-state index in [-0.39, 0.29) is 18.4 Å². The van der Waals surface area contributed by atoms with Gasteiger partial charge in [-0.1, -0.05) is 18.2 Å². The van der Waals surface area contributed by atoms with Gasteiger partial charge in [0.25, 0.3) is 5.91 Å². The molecule has 1 aromatic heterocycles. The zero-order valence-corrected chi connectivity index (χ0v) is 13.5. The van der Waals surface area contributed by atoms with Gasteiger partial charge in [0.1, 0.15) is 0 Å². The highest BCUT2D eigenvalue weighted by Gasteiger charge is 2.12. The van der Waals surface area contributed by atoms with E-state index < -0.39 is 0 Å².